The summed E-state index contributed by atoms with van der Waals surface area (Å²) in [6.45, 7) is 5.45. The van der Waals surface area contributed by atoms with E-state index < -0.39 is 0 Å². The Bertz CT molecular complexity index is 372. The SMILES string of the molecule is CC1CN(Cc2ccc(F)c(Cl)c2)CCO1. The maximum Gasteiger partial charge on any atom is 0.141 e. The van der Waals surface area contributed by atoms with E-state index in [4.69, 9.17) is 16.3 Å². The minimum Gasteiger partial charge on any atom is -0.376 e. The lowest BCUT2D eigenvalue weighted by Crippen LogP contribution is -2.40. The molecule has 2 nitrogen and oxygen atoms in total. The molecular formula is C12H15ClFNO. The highest BCUT2D eigenvalue weighted by molar-refractivity contribution is 6.30. The third kappa shape index (κ3) is 2.94. The fourth-order valence-electron chi connectivity index (χ4n) is 1.93. The molecule has 0 aromatic heterocycles. The number of morpholine rings is 1. The molecule has 2 rings (SSSR count). The summed E-state index contributed by atoms with van der Waals surface area (Å²) in [4.78, 5) is 2.29. The second kappa shape index (κ2) is 5.13. The van der Waals surface area contributed by atoms with Crippen molar-refractivity contribution in [2.24, 2.45) is 0 Å². The van der Waals surface area contributed by atoms with Gasteiger partial charge in [0, 0.05) is 19.6 Å². The van der Waals surface area contributed by atoms with E-state index in [1.54, 1.807) is 12.1 Å². The second-order valence-electron chi connectivity index (χ2n) is 4.16. The Hall–Kier alpha value is -0.640. The van der Waals surface area contributed by atoms with Gasteiger partial charge in [-0.05, 0) is 24.6 Å². The predicted octanol–water partition coefficient (Wildman–Crippen LogP) is 2.70. The summed E-state index contributed by atoms with van der Waals surface area (Å²) in [6.07, 6.45) is 0.268. The molecule has 1 aliphatic rings. The standard InChI is InChI=1S/C12H15ClFNO/c1-9-7-15(4-5-16-9)8-10-2-3-12(14)11(13)6-10/h2-3,6,9H,4-5,7-8H2,1H3. The third-order valence-electron chi connectivity index (χ3n) is 2.72. The lowest BCUT2D eigenvalue weighted by atomic mass is 10.2. The van der Waals surface area contributed by atoms with E-state index in [1.807, 2.05) is 0 Å². The van der Waals surface area contributed by atoms with Crippen molar-refractivity contribution in [2.45, 2.75) is 19.6 Å². The Labute approximate surface area is 100.0 Å². The van der Waals surface area contributed by atoms with E-state index in [1.165, 1.54) is 6.07 Å². The van der Waals surface area contributed by atoms with Crippen LogP contribution in [0.4, 0.5) is 4.39 Å². The Balaban J connectivity index is 2.00. The molecule has 88 valence electrons. The Morgan fingerprint density at radius 2 is 2.38 bits per heavy atom. The molecule has 0 spiro atoms. The molecule has 0 N–H and O–H groups in total. The van der Waals surface area contributed by atoms with Crippen molar-refractivity contribution < 1.29 is 9.13 Å². The maximum absolute atomic E-state index is 13.0. The van der Waals surface area contributed by atoms with Gasteiger partial charge >= 0.3 is 0 Å². The molecular weight excluding hydrogens is 229 g/mol. The van der Waals surface area contributed by atoms with Crippen molar-refractivity contribution >= 4 is 11.6 Å². The van der Waals surface area contributed by atoms with Crippen LogP contribution in [0.1, 0.15) is 12.5 Å². The molecule has 1 aromatic carbocycles. The average molecular weight is 244 g/mol. The number of ether oxygens (including phenoxy) is 1. The summed E-state index contributed by atoms with van der Waals surface area (Å²) in [5.41, 5.74) is 1.04. The zero-order chi connectivity index (χ0) is 11.5. The molecule has 0 aliphatic carbocycles. The fourth-order valence-corrected chi connectivity index (χ4v) is 2.13. The van der Waals surface area contributed by atoms with Crippen molar-refractivity contribution in [3.05, 3.63) is 34.6 Å². The molecule has 1 unspecified atom stereocenters. The van der Waals surface area contributed by atoms with Crippen molar-refractivity contribution in [3.8, 4) is 0 Å². The minimum atomic E-state index is -0.360. The van der Waals surface area contributed by atoms with Gasteiger partial charge in [-0.15, -0.1) is 0 Å². The summed E-state index contributed by atoms with van der Waals surface area (Å²) >= 11 is 5.74. The van der Waals surface area contributed by atoms with Gasteiger partial charge in [0.1, 0.15) is 5.82 Å². The molecule has 0 saturated carbocycles. The average Bonchev–Trinajstić information content (AvgIpc) is 2.24. The van der Waals surface area contributed by atoms with Crippen LogP contribution < -0.4 is 0 Å². The smallest absolute Gasteiger partial charge is 0.141 e. The van der Waals surface area contributed by atoms with Crippen LogP contribution in [-0.2, 0) is 11.3 Å². The van der Waals surface area contributed by atoms with Gasteiger partial charge in [-0.1, -0.05) is 17.7 Å². The van der Waals surface area contributed by atoms with Crippen LogP contribution in [0.25, 0.3) is 0 Å². The highest BCUT2D eigenvalue weighted by Gasteiger charge is 2.16. The summed E-state index contributed by atoms with van der Waals surface area (Å²) < 4.78 is 18.4. The molecule has 1 heterocycles. The number of nitrogens with zero attached hydrogens (tertiary/aromatic N) is 1. The van der Waals surface area contributed by atoms with E-state index >= 15 is 0 Å². The van der Waals surface area contributed by atoms with Crippen molar-refractivity contribution in [1.82, 2.24) is 4.90 Å². The molecule has 4 heteroatoms. The highest BCUT2D eigenvalue weighted by atomic mass is 35.5. The topological polar surface area (TPSA) is 12.5 Å². The number of rotatable bonds is 2. The quantitative estimate of drug-likeness (QED) is 0.792. The Kier molecular flexibility index (Phi) is 3.79. The van der Waals surface area contributed by atoms with Crippen LogP contribution in [0.3, 0.4) is 0 Å². The monoisotopic (exact) mass is 243 g/mol. The Morgan fingerprint density at radius 3 is 3.06 bits per heavy atom. The Morgan fingerprint density at radius 1 is 1.56 bits per heavy atom. The van der Waals surface area contributed by atoms with Crippen LogP contribution >= 0.6 is 11.6 Å². The summed E-state index contributed by atoms with van der Waals surface area (Å²) in [5, 5.41) is 0.193. The molecule has 1 aliphatic heterocycles. The molecule has 0 amide bonds. The molecule has 0 bridgehead atoms. The lowest BCUT2D eigenvalue weighted by molar-refractivity contribution is -0.0212. The number of hydrogen-bond donors (Lipinski definition) is 0. The zero-order valence-corrected chi connectivity index (χ0v) is 10.0. The molecule has 16 heavy (non-hydrogen) atoms. The normalized spacial score (nSPS) is 22.3. The molecule has 1 aromatic rings. The summed E-state index contributed by atoms with van der Waals surface area (Å²) in [6, 6.07) is 4.89. The van der Waals surface area contributed by atoms with Crippen molar-refractivity contribution in [1.29, 1.82) is 0 Å². The number of benzene rings is 1. The minimum absolute atomic E-state index is 0.193. The van der Waals surface area contributed by atoms with Crippen LogP contribution in [0.2, 0.25) is 5.02 Å². The number of hydrogen-bond acceptors (Lipinski definition) is 2. The van der Waals surface area contributed by atoms with Crippen LogP contribution in [-0.4, -0.2) is 30.7 Å². The van der Waals surface area contributed by atoms with E-state index in [9.17, 15) is 4.39 Å². The van der Waals surface area contributed by atoms with E-state index in [0.717, 1.165) is 31.8 Å². The van der Waals surface area contributed by atoms with Gasteiger partial charge in [0.25, 0.3) is 0 Å². The summed E-state index contributed by atoms with van der Waals surface area (Å²) in [5.74, 6) is -0.360. The molecule has 1 atom stereocenters. The van der Waals surface area contributed by atoms with Crippen molar-refractivity contribution in [3.63, 3.8) is 0 Å². The molecule has 1 fully saturated rings. The maximum atomic E-state index is 13.0. The summed E-state index contributed by atoms with van der Waals surface area (Å²) in [7, 11) is 0. The van der Waals surface area contributed by atoms with Gasteiger partial charge in [-0.3, -0.25) is 4.90 Å². The first-order valence-electron chi connectivity index (χ1n) is 5.43. The first kappa shape index (κ1) is 11.8. The van der Waals surface area contributed by atoms with Gasteiger partial charge in [-0.25, -0.2) is 4.39 Å². The second-order valence-corrected chi connectivity index (χ2v) is 4.57. The van der Waals surface area contributed by atoms with E-state index in [-0.39, 0.29) is 16.9 Å². The van der Waals surface area contributed by atoms with Gasteiger partial charge in [0.15, 0.2) is 0 Å². The van der Waals surface area contributed by atoms with E-state index in [2.05, 4.69) is 11.8 Å². The van der Waals surface area contributed by atoms with Crippen LogP contribution in [0.5, 0.6) is 0 Å². The first-order chi connectivity index (χ1) is 7.65. The van der Waals surface area contributed by atoms with Gasteiger partial charge in [0.05, 0.1) is 17.7 Å². The third-order valence-corrected chi connectivity index (χ3v) is 3.01. The molecule has 0 radical (unpaired) electrons. The van der Waals surface area contributed by atoms with E-state index in [0.29, 0.717) is 0 Å². The zero-order valence-electron chi connectivity index (χ0n) is 9.25. The lowest BCUT2D eigenvalue weighted by Gasteiger charge is -2.31. The van der Waals surface area contributed by atoms with Gasteiger partial charge in [0.2, 0.25) is 0 Å². The highest BCUT2D eigenvalue weighted by Crippen LogP contribution is 2.18. The van der Waals surface area contributed by atoms with Crippen LogP contribution in [0, 0.1) is 5.82 Å². The predicted molar refractivity (Wildman–Crippen MR) is 62.1 cm³/mol. The van der Waals surface area contributed by atoms with Crippen molar-refractivity contribution in [2.75, 3.05) is 19.7 Å². The van der Waals surface area contributed by atoms with Gasteiger partial charge in [-0.2, -0.15) is 0 Å². The molecule has 1 saturated heterocycles. The fraction of sp³-hybridized carbons (Fsp3) is 0.500. The first-order valence-corrected chi connectivity index (χ1v) is 5.81. The number of halogens is 2. The largest absolute Gasteiger partial charge is 0.376 e. The van der Waals surface area contributed by atoms with Gasteiger partial charge < -0.3 is 4.74 Å². The van der Waals surface area contributed by atoms with Crippen LogP contribution in [0.15, 0.2) is 18.2 Å².